The molecule has 0 spiro atoms. The highest BCUT2D eigenvalue weighted by Gasteiger charge is 2.17. The van der Waals surface area contributed by atoms with E-state index in [1.807, 2.05) is 13.8 Å². The Morgan fingerprint density at radius 3 is 2.45 bits per heavy atom. The van der Waals surface area contributed by atoms with Gasteiger partial charge in [0.15, 0.2) is 23.8 Å². The summed E-state index contributed by atoms with van der Waals surface area (Å²) in [6.07, 6.45) is 0. The lowest BCUT2D eigenvalue weighted by Crippen LogP contribution is -2.20. The second-order valence-corrected chi connectivity index (χ2v) is 6.22. The summed E-state index contributed by atoms with van der Waals surface area (Å²) in [5.41, 5.74) is 1.03. The van der Waals surface area contributed by atoms with E-state index in [9.17, 15) is 4.79 Å². The van der Waals surface area contributed by atoms with Gasteiger partial charge >= 0.3 is 0 Å². The molecule has 0 aliphatic carbocycles. The molecular formula is C20H20ClN3O5. The van der Waals surface area contributed by atoms with Crippen LogP contribution in [0.3, 0.4) is 0 Å². The molecule has 1 heterocycles. The third-order valence-electron chi connectivity index (χ3n) is 3.75. The number of carbonyl (C=O) groups is 1. The maximum Gasteiger partial charge on any atom is 0.263 e. The number of carbonyl (C=O) groups excluding carboxylic acids is 1. The monoisotopic (exact) mass is 417 g/mol. The second-order valence-electron chi connectivity index (χ2n) is 5.78. The summed E-state index contributed by atoms with van der Waals surface area (Å²) in [6.45, 7) is 4.56. The Morgan fingerprint density at radius 1 is 1.00 bits per heavy atom. The van der Waals surface area contributed by atoms with Gasteiger partial charge in [-0.05, 0) is 66.6 Å². The third kappa shape index (κ3) is 5.39. The minimum atomic E-state index is -0.409. The molecule has 0 bridgehead atoms. The number of aromatic nitrogens is 2. The molecule has 3 rings (SSSR count). The van der Waals surface area contributed by atoms with Crippen molar-refractivity contribution in [2.45, 2.75) is 13.8 Å². The summed E-state index contributed by atoms with van der Waals surface area (Å²) in [4.78, 5) is 12.2. The Hall–Kier alpha value is -3.26. The van der Waals surface area contributed by atoms with Crippen molar-refractivity contribution in [2.75, 3.05) is 25.1 Å². The molecule has 2 aromatic carbocycles. The van der Waals surface area contributed by atoms with Crippen molar-refractivity contribution < 1.29 is 23.6 Å². The Bertz CT molecular complexity index is 959. The number of benzene rings is 2. The zero-order valence-corrected chi connectivity index (χ0v) is 16.7. The molecule has 0 aliphatic rings. The van der Waals surface area contributed by atoms with Crippen LogP contribution in [0.2, 0.25) is 5.02 Å². The normalized spacial score (nSPS) is 10.4. The average molecular weight is 418 g/mol. The fourth-order valence-corrected chi connectivity index (χ4v) is 2.63. The highest BCUT2D eigenvalue weighted by molar-refractivity contribution is 6.30. The van der Waals surface area contributed by atoms with Gasteiger partial charge in [-0.3, -0.25) is 4.79 Å². The van der Waals surface area contributed by atoms with Crippen molar-refractivity contribution in [3.05, 3.63) is 47.5 Å². The maximum atomic E-state index is 12.2. The third-order valence-corrected chi connectivity index (χ3v) is 4.00. The maximum absolute atomic E-state index is 12.2. The zero-order valence-electron chi connectivity index (χ0n) is 16.0. The van der Waals surface area contributed by atoms with E-state index in [-0.39, 0.29) is 12.4 Å². The first kappa shape index (κ1) is 20.5. The van der Waals surface area contributed by atoms with Crippen LogP contribution in [-0.2, 0) is 4.79 Å². The van der Waals surface area contributed by atoms with Crippen LogP contribution in [0.5, 0.6) is 17.2 Å². The Morgan fingerprint density at radius 2 is 1.72 bits per heavy atom. The lowest BCUT2D eigenvalue weighted by Gasteiger charge is -2.12. The van der Waals surface area contributed by atoms with Gasteiger partial charge in [0.05, 0.1) is 13.2 Å². The lowest BCUT2D eigenvalue weighted by molar-refractivity contribution is -0.118. The molecule has 0 saturated heterocycles. The number of rotatable bonds is 9. The van der Waals surface area contributed by atoms with Crippen molar-refractivity contribution in [3.63, 3.8) is 0 Å². The van der Waals surface area contributed by atoms with Crippen LogP contribution in [0.25, 0.3) is 11.3 Å². The standard InChI is InChI=1S/C20H20ClN3O5/c1-3-26-16-10-5-13(11-17(16)27-4-2)19-20(24-29-23-19)22-18(25)12-28-15-8-6-14(21)7-9-15/h5-11H,3-4,12H2,1-2H3,(H,22,24,25). The SMILES string of the molecule is CCOc1ccc(-c2nonc2NC(=O)COc2ccc(Cl)cc2)cc1OCC. The summed E-state index contributed by atoms with van der Waals surface area (Å²) < 4.78 is 21.4. The Kier molecular flexibility index (Phi) is 6.91. The van der Waals surface area contributed by atoms with Gasteiger partial charge in [-0.15, -0.1) is 0 Å². The second kappa shape index (κ2) is 9.79. The quantitative estimate of drug-likeness (QED) is 0.557. The van der Waals surface area contributed by atoms with Crippen LogP contribution in [-0.4, -0.2) is 36.0 Å². The number of ether oxygens (including phenoxy) is 3. The van der Waals surface area contributed by atoms with Gasteiger partial charge < -0.3 is 19.5 Å². The molecule has 0 unspecified atom stereocenters. The number of hydrogen-bond acceptors (Lipinski definition) is 7. The highest BCUT2D eigenvalue weighted by atomic mass is 35.5. The molecule has 9 heteroatoms. The first-order chi connectivity index (χ1) is 14.1. The van der Waals surface area contributed by atoms with Crippen molar-refractivity contribution in [2.24, 2.45) is 0 Å². The van der Waals surface area contributed by atoms with Crippen molar-refractivity contribution in [1.29, 1.82) is 0 Å². The number of amides is 1. The summed E-state index contributed by atoms with van der Waals surface area (Å²) in [7, 11) is 0. The van der Waals surface area contributed by atoms with Crippen LogP contribution in [0.1, 0.15) is 13.8 Å². The van der Waals surface area contributed by atoms with Crippen LogP contribution >= 0.6 is 11.6 Å². The van der Waals surface area contributed by atoms with Crippen molar-refractivity contribution in [1.82, 2.24) is 10.3 Å². The van der Waals surface area contributed by atoms with Crippen LogP contribution in [0.4, 0.5) is 5.82 Å². The lowest BCUT2D eigenvalue weighted by atomic mass is 10.1. The molecule has 3 aromatic rings. The van der Waals surface area contributed by atoms with E-state index in [2.05, 4.69) is 15.6 Å². The summed E-state index contributed by atoms with van der Waals surface area (Å²) in [5, 5.41) is 10.9. The van der Waals surface area contributed by atoms with E-state index in [4.69, 9.17) is 30.4 Å². The predicted molar refractivity (Wildman–Crippen MR) is 108 cm³/mol. The minimum Gasteiger partial charge on any atom is -0.490 e. The van der Waals surface area contributed by atoms with E-state index >= 15 is 0 Å². The molecule has 0 aliphatic heterocycles. The Balaban J connectivity index is 1.70. The van der Waals surface area contributed by atoms with E-state index in [1.165, 1.54) is 0 Å². The number of nitrogens with zero attached hydrogens (tertiary/aromatic N) is 2. The fourth-order valence-electron chi connectivity index (χ4n) is 2.51. The van der Waals surface area contributed by atoms with Crippen molar-refractivity contribution in [3.8, 4) is 28.5 Å². The van der Waals surface area contributed by atoms with E-state index in [0.29, 0.717) is 46.7 Å². The number of hydrogen-bond donors (Lipinski definition) is 1. The molecule has 1 N–H and O–H groups in total. The van der Waals surface area contributed by atoms with Crippen LogP contribution in [0, 0.1) is 0 Å². The largest absolute Gasteiger partial charge is 0.490 e. The van der Waals surface area contributed by atoms with Gasteiger partial charge in [-0.25, -0.2) is 4.63 Å². The van der Waals surface area contributed by atoms with Gasteiger partial charge in [0.25, 0.3) is 5.91 Å². The first-order valence-electron chi connectivity index (χ1n) is 9.01. The van der Waals surface area contributed by atoms with Gasteiger partial charge in [-0.1, -0.05) is 11.6 Å². The highest BCUT2D eigenvalue weighted by Crippen LogP contribution is 2.34. The fraction of sp³-hybridized carbons (Fsp3) is 0.250. The average Bonchev–Trinajstić information content (AvgIpc) is 3.17. The first-order valence-corrected chi connectivity index (χ1v) is 9.39. The van der Waals surface area contributed by atoms with Gasteiger partial charge in [0.2, 0.25) is 5.82 Å². The molecule has 152 valence electrons. The molecular weight excluding hydrogens is 398 g/mol. The topological polar surface area (TPSA) is 95.7 Å². The van der Waals surface area contributed by atoms with E-state index in [0.717, 1.165) is 0 Å². The van der Waals surface area contributed by atoms with E-state index in [1.54, 1.807) is 42.5 Å². The molecule has 29 heavy (non-hydrogen) atoms. The number of nitrogens with one attached hydrogen (secondary N) is 1. The number of anilines is 1. The van der Waals surface area contributed by atoms with Gasteiger partial charge in [0.1, 0.15) is 5.75 Å². The molecule has 0 saturated carbocycles. The molecule has 8 nitrogen and oxygen atoms in total. The molecule has 0 radical (unpaired) electrons. The molecule has 0 fully saturated rings. The summed E-state index contributed by atoms with van der Waals surface area (Å²) >= 11 is 5.83. The summed E-state index contributed by atoms with van der Waals surface area (Å²) in [5.74, 6) is 1.49. The molecule has 1 amide bonds. The Labute approximate surface area is 172 Å². The van der Waals surface area contributed by atoms with Gasteiger partial charge in [-0.2, -0.15) is 0 Å². The smallest absolute Gasteiger partial charge is 0.263 e. The van der Waals surface area contributed by atoms with Crippen molar-refractivity contribution >= 4 is 23.3 Å². The molecule has 0 atom stereocenters. The summed E-state index contributed by atoms with van der Waals surface area (Å²) in [6, 6.07) is 12.0. The van der Waals surface area contributed by atoms with Crippen LogP contribution < -0.4 is 19.5 Å². The van der Waals surface area contributed by atoms with Gasteiger partial charge in [0, 0.05) is 10.6 Å². The van der Waals surface area contributed by atoms with E-state index < -0.39 is 5.91 Å². The number of halogens is 1. The van der Waals surface area contributed by atoms with Crippen LogP contribution in [0.15, 0.2) is 47.1 Å². The molecule has 1 aromatic heterocycles. The predicted octanol–water partition coefficient (Wildman–Crippen LogP) is 4.20. The zero-order chi connectivity index (χ0) is 20.6. The minimum absolute atomic E-state index is 0.182.